The molecule has 0 aliphatic carbocycles. The molecule has 0 unspecified atom stereocenters. The number of esters is 1. The van der Waals surface area contributed by atoms with Gasteiger partial charge in [0.05, 0.1) is 24.8 Å². The second-order valence-corrected chi connectivity index (χ2v) is 6.40. The van der Waals surface area contributed by atoms with Gasteiger partial charge in [-0.2, -0.15) is 5.26 Å². The number of hydrogen-bond donors (Lipinski definition) is 0. The maximum atomic E-state index is 13.1. The molecule has 136 valence electrons. The van der Waals surface area contributed by atoms with Gasteiger partial charge in [0, 0.05) is 12.8 Å². The number of imide groups is 1. The van der Waals surface area contributed by atoms with Crippen molar-refractivity contribution in [2.75, 3.05) is 12.0 Å². The number of anilines is 1. The van der Waals surface area contributed by atoms with Crippen molar-refractivity contribution >= 4 is 23.5 Å². The van der Waals surface area contributed by atoms with Crippen molar-refractivity contribution in [2.24, 2.45) is 11.3 Å². The van der Waals surface area contributed by atoms with Crippen LogP contribution in [0.25, 0.3) is 0 Å². The normalized spacial score (nSPS) is 18.7. The minimum atomic E-state index is -1.77. The van der Waals surface area contributed by atoms with E-state index in [1.54, 1.807) is 54.6 Å². The van der Waals surface area contributed by atoms with E-state index in [4.69, 9.17) is 4.74 Å². The third-order valence-corrected chi connectivity index (χ3v) is 4.83. The molecular formula is C21H18N2O4. The molecule has 0 N–H and O–H groups in total. The monoisotopic (exact) mass is 362 g/mol. The highest BCUT2D eigenvalue weighted by Crippen LogP contribution is 2.41. The summed E-state index contributed by atoms with van der Waals surface area (Å²) >= 11 is 0. The zero-order valence-corrected chi connectivity index (χ0v) is 14.8. The van der Waals surface area contributed by atoms with Crippen LogP contribution in [0.3, 0.4) is 0 Å². The smallest absolute Gasteiger partial charge is 0.327 e. The van der Waals surface area contributed by atoms with Gasteiger partial charge in [0.1, 0.15) is 0 Å². The van der Waals surface area contributed by atoms with Crippen LogP contribution in [0, 0.1) is 22.7 Å². The van der Waals surface area contributed by atoms with Crippen molar-refractivity contribution < 1.29 is 19.1 Å². The highest BCUT2D eigenvalue weighted by molar-refractivity contribution is 6.22. The van der Waals surface area contributed by atoms with E-state index in [2.05, 4.69) is 0 Å². The van der Waals surface area contributed by atoms with Crippen molar-refractivity contribution in [3.05, 3.63) is 66.2 Å². The van der Waals surface area contributed by atoms with E-state index in [-0.39, 0.29) is 12.8 Å². The van der Waals surface area contributed by atoms with Crippen LogP contribution in [-0.4, -0.2) is 24.9 Å². The summed E-state index contributed by atoms with van der Waals surface area (Å²) < 4.78 is 4.87. The highest BCUT2D eigenvalue weighted by Gasteiger charge is 2.57. The summed E-state index contributed by atoms with van der Waals surface area (Å²) in [7, 11) is 1.18. The molecule has 2 aromatic carbocycles. The van der Waals surface area contributed by atoms with Crippen molar-refractivity contribution in [3.63, 3.8) is 0 Å². The minimum absolute atomic E-state index is 0.0106. The summed E-state index contributed by atoms with van der Waals surface area (Å²) in [6, 6.07) is 19.4. The van der Waals surface area contributed by atoms with Crippen LogP contribution in [-0.2, 0) is 25.5 Å². The Balaban J connectivity index is 2.03. The number of nitrogens with zero attached hydrogens (tertiary/aromatic N) is 2. The number of rotatable bonds is 5. The summed E-state index contributed by atoms with van der Waals surface area (Å²) in [4.78, 5) is 39.3. The van der Waals surface area contributed by atoms with Gasteiger partial charge in [-0.3, -0.25) is 19.3 Å². The van der Waals surface area contributed by atoms with Crippen LogP contribution < -0.4 is 4.90 Å². The van der Waals surface area contributed by atoms with Gasteiger partial charge < -0.3 is 4.74 Å². The molecule has 1 heterocycles. The molecule has 0 saturated carbocycles. The largest absolute Gasteiger partial charge is 0.468 e. The van der Waals surface area contributed by atoms with E-state index in [1.165, 1.54) is 7.11 Å². The van der Waals surface area contributed by atoms with Crippen molar-refractivity contribution in [1.29, 1.82) is 5.26 Å². The first-order valence-corrected chi connectivity index (χ1v) is 8.49. The third-order valence-electron chi connectivity index (χ3n) is 4.83. The molecule has 1 aliphatic heterocycles. The van der Waals surface area contributed by atoms with E-state index in [1.807, 2.05) is 12.1 Å². The molecule has 6 heteroatoms. The predicted molar refractivity (Wildman–Crippen MR) is 97.3 cm³/mol. The summed E-state index contributed by atoms with van der Waals surface area (Å²) in [5, 5.41) is 9.93. The quantitative estimate of drug-likeness (QED) is 0.602. The van der Waals surface area contributed by atoms with Gasteiger partial charge in [0.25, 0.3) is 0 Å². The Kier molecular flexibility index (Phi) is 5.04. The number of para-hydroxylation sites is 1. The zero-order valence-electron chi connectivity index (χ0n) is 14.8. The molecule has 1 fully saturated rings. The number of benzene rings is 2. The average Bonchev–Trinajstić information content (AvgIpc) is 3.01. The number of amides is 2. The molecule has 0 spiro atoms. The van der Waals surface area contributed by atoms with E-state index in [9.17, 15) is 19.6 Å². The molecule has 1 aliphatic rings. The number of methoxy groups -OCH3 is 1. The van der Waals surface area contributed by atoms with Crippen LogP contribution in [0.4, 0.5) is 5.69 Å². The van der Waals surface area contributed by atoms with Crippen LogP contribution in [0.15, 0.2) is 60.7 Å². The molecule has 2 amide bonds. The lowest BCUT2D eigenvalue weighted by molar-refractivity contribution is -0.154. The Morgan fingerprint density at radius 3 is 2.30 bits per heavy atom. The van der Waals surface area contributed by atoms with Gasteiger partial charge in [-0.25, -0.2) is 0 Å². The van der Waals surface area contributed by atoms with Gasteiger partial charge in [0.15, 0.2) is 5.41 Å². The van der Waals surface area contributed by atoms with Gasteiger partial charge in [-0.05, 0) is 17.7 Å². The Morgan fingerprint density at radius 2 is 1.74 bits per heavy atom. The zero-order chi connectivity index (χ0) is 19.4. The Bertz CT molecular complexity index is 905. The van der Waals surface area contributed by atoms with Gasteiger partial charge >= 0.3 is 5.97 Å². The van der Waals surface area contributed by atoms with Crippen LogP contribution >= 0.6 is 0 Å². The lowest BCUT2D eigenvalue weighted by atomic mass is 9.71. The second-order valence-electron chi connectivity index (χ2n) is 6.40. The molecule has 6 nitrogen and oxygen atoms in total. The summed E-state index contributed by atoms with van der Waals surface area (Å²) in [6.07, 6.45) is -0.230. The first-order valence-electron chi connectivity index (χ1n) is 8.49. The molecule has 0 bridgehead atoms. The number of carbonyl (C=O) groups is 3. The molecule has 3 rings (SSSR count). The van der Waals surface area contributed by atoms with Gasteiger partial charge in [0.2, 0.25) is 11.8 Å². The number of nitriles is 1. The van der Waals surface area contributed by atoms with Crippen molar-refractivity contribution in [2.45, 2.75) is 12.8 Å². The molecule has 2 aromatic rings. The Labute approximate surface area is 157 Å². The fourth-order valence-corrected chi connectivity index (χ4v) is 3.47. The van der Waals surface area contributed by atoms with Gasteiger partial charge in [-0.1, -0.05) is 48.5 Å². The summed E-state index contributed by atoms with van der Waals surface area (Å²) in [5.41, 5.74) is -0.638. The SMILES string of the molecule is COC(=O)[C@](C#N)(Cc1ccccc1)[C@@H]1CC(=O)N(c2ccccc2)C1=O. The van der Waals surface area contributed by atoms with Crippen molar-refractivity contribution in [1.82, 2.24) is 0 Å². The summed E-state index contributed by atoms with van der Waals surface area (Å²) in [5.74, 6) is -2.92. The van der Waals surface area contributed by atoms with E-state index >= 15 is 0 Å². The fourth-order valence-electron chi connectivity index (χ4n) is 3.47. The van der Waals surface area contributed by atoms with E-state index in [0.717, 1.165) is 4.90 Å². The maximum Gasteiger partial charge on any atom is 0.327 e. The van der Waals surface area contributed by atoms with Gasteiger partial charge in [-0.15, -0.1) is 0 Å². The maximum absolute atomic E-state index is 13.1. The number of carbonyl (C=O) groups excluding carboxylic acids is 3. The number of ether oxygens (including phenoxy) is 1. The predicted octanol–water partition coefficient (Wildman–Crippen LogP) is 2.49. The first-order chi connectivity index (χ1) is 13.0. The highest BCUT2D eigenvalue weighted by atomic mass is 16.5. The Morgan fingerprint density at radius 1 is 1.15 bits per heavy atom. The molecule has 2 atom stereocenters. The molecule has 0 aromatic heterocycles. The average molecular weight is 362 g/mol. The second kappa shape index (κ2) is 7.42. The van der Waals surface area contributed by atoms with E-state index < -0.39 is 29.1 Å². The summed E-state index contributed by atoms with van der Waals surface area (Å²) in [6.45, 7) is 0. The third kappa shape index (κ3) is 3.20. The fraction of sp³-hybridized carbons (Fsp3) is 0.238. The molecular weight excluding hydrogens is 344 g/mol. The first kappa shape index (κ1) is 18.3. The minimum Gasteiger partial charge on any atom is -0.468 e. The lowest BCUT2D eigenvalue weighted by Crippen LogP contribution is -2.44. The van der Waals surface area contributed by atoms with Crippen LogP contribution in [0.2, 0.25) is 0 Å². The van der Waals surface area contributed by atoms with E-state index in [0.29, 0.717) is 11.3 Å². The van der Waals surface area contributed by atoms with Crippen molar-refractivity contribution in [3.8, 4) is 6.07 Å². The van der Waals surface area contributed by atoms with Crippen LogP contribution in [0.1, 0.15) is 12.0 Å². The number of hydrogen-bond acceptors (Lipinski definition) is 5. The topological polar surface area (TPSA) is 87.5 Å². The molecule has 0 radical (unpaired) electrons. The molecule has 1 saturated heterocycles. The standard InChI is InChI=1S/C21H18N2O4/c1-27-20(26)21(14-22,13-15-8-4-2-5-9-15)17-12-18(24)23(19(17)25)16-10-6-3-7-11-16/h2-11,17H,12-13H2,1H3/t17-,21+/m1/s1. The Hall–Kier alpha value is -3.46. The molecule has 27 heavy (non-hydrogen) atoms. The lowest BCUT2D eigenvalue weighted by Gasteiger charge is -2.28. The van der Waals surface area contributed by atoms with Crippen LogP contribution in [0.5, 0.6) is 0 Å².